The van der Waals surface area contributed by atoms with Crippen molar-refractivity contribution in [2.45, 2.75) is 69.1 Å². The minimum atomic E-state index is -1.36. The van der Waals surface area contributed by atoms with Gasteiger partial charge in [0.1, 0.15) is 29.5 Å². The lowest BCUT2D eigenvalue weighted by molar-refractivity contribution is -0.114. The zero-order valence-corrected chi connectivity index (χ0v) is 23.5. The maximum atomic E-state index is 13.7. The number of hydrogen-bond acceptors (Lipinski definition) is 7. The van der Waals surface area contributed by atoms with Crippen LogP contribution in [-0.2, 0) is 22.4 Å². The van der Waals surface area contributed by atoms with E-state index in [0.717, 1.165) is 42.4 Å². The van der Waals surface area contributed by atoms with E-state index in [2.05, 4.69) is 0 Å². The molecule has 2 heterocycles. The lowest BCUT2D eigenvalue weighted by atomic mass is 9.83. The minimum absolute atomic E-state index is 0.0116. The van der Waals surface area contributed by atoms with Crippen LogP contribution in [0.4, 0.5) is 4.39 Å². The number of rotatable bonds is 9. The van der Waals surface area contributed by atoms with Crippen LogP contribution >= 0.6 is 0 Å². The SMILES string of the molecule is C[C@]1(N)COc2c1cc([C@@](O)(CCC(=O)c1cc3c(c(OC4CC4)c1)CC(=O)C=C3)C1CC1)nc2-c1ccc(F)cc1. The first-order valence-corrected chi connectivity index (χ1v) is 14.6. The number of ether oxygens (including phenoxy) is 2. The molecular formula is C34H33FN2O5. The average Bonchev–Trinajstić information content (AvgIpc) is 3.91. The van der Waals surface area contributed by atoms with E-state index in [1.807, 2.05) is 19.1 Å². The number of fused-ring (bicyclic) bond motifs is 2. The highest BCUT2D eigenvalue weighted by Gasteiger charge is 2.48. The molecule has 7 nitrogen and oxygen atoms in total. The van der Waals surface area contributed by atoms with E-state index >= 15 is 0 Å². The number of nitrogens with zero attached hydrogens (tertiary/aromatic N) is 1. The van der Waals surface area contributed by atoms with Crippen molar-refractivity contribution in [3.05, 3.63) is 82.3 Å². The highest BCUT2D eigenvalue weighted by Crippen LogP contribution is 2.51. The smallest absolute Gasteiger partial charge is 0.163 e. The summed E-state index contributed by atoms with van der Waals surface area (Å²) in [6.07, 6.45) is 7.51. The van der Waals surface area contributed by atoms with Gasteiger partial charge in [0.2, 0.25) is 0 Å². The normalized spacial score (nSPS) is 22.2. The largest absolute Gasteiger partial charge is 0.490 e. The van der Waals surface area contributed by atoms with Gasteiger partial charge in [-0.25, -0.2) is 9.37 Å². The van der Waals surface area contributed by atoms with Crippen molar-refractivity contribution in [3.63, 3.8) is 0 Å². The molecule has 0 bridgehead atoms. The average molecular weight is 569 g/mol. The lowest BCUT2D eigenvalue weighted by Crippen LogP contribution is -2.35. The van der Waals surface area contributed by atoms with Crippen molar-refractivity contribution in [1.82, 2.24) is 4.98 Å². The van der Waals surface area contributed by atoms with Crippen molar-refractivity contribution in [1.29, 1.82) is 0 Å². The van der Waals surface area contributed by atoms with Crippen LogP contribution in [-0.4, -0.2) is 34.4 Å². The first-order chi connectivity index (χ1) is 20.1. The molecule has 2 atom stereocenters. The molecule has 3 aliphatic carbocycles. The second-order valence-corrected chi connectivity index (χ2v) is 12.4. The Morgan fingerprint density at radius 1 is 1.17 bits per heavy atom. The number of aromatic nitrogens is 1. The topological polar surface area (TPSA) is 112 Å². The Hall–Kier alpha value is -3.88. The van der Waals surface area contributed by atoms with Gasteiger partial charge in [0, 0.05) is 35.1 Å². The lowest BCUT2D eigenvalue weighted by Gasteiger charge is -2.29. The highest BCUT2D eigenvalue weighted by atomic mass is 19.1. The first kappa shape index (κ1) is 27.0. The molecular weight excluding hydrogens is 535 g/mol. The molecule has 0 spiro atoms. The Balaban J connectivity index is 1.22. The second kappa shape index (κ2) is 9.85. The predicted molar refractivity (Wildman–Crippen MR) is 155 cm³/mol. The molecule has 42 heavy (non-hydrogen) atoms. The standard InChI is InChI=1S/C34H33FN2O5/c1-33(36)18-41-32-27(33)17-30(37-31(32)19-2-7-23(35)8-3-19)34(40,22-5-6-22)13-12-28(39)21-14-20-4-9-24(38)16-26(20)29(15-21)42-25-10-11-25/h2-4,7-9,14-15,17,22,25,40H,5-6,10-13,16,18,36H2,1H3/t33-,34+/m0/s1. The van der Waals surface area contributed by atoms with Crippen molar-refractivity contribution in [2.75, 3.05) is 6.61 Å². The predicted octanol–water partition coefficient (Wildman–Crippen LogP) is 5.39. The van der Waals surface area contributed by atoms with E-state index in [-0.39, 0.29) is 55.3 Å². The number of halogens is 1. The van der Waals surface area contributed by atoms with E-state index in [9.17, 15) is 19.1 Å². The van der Waals surface area contributed by atoms with Gasteiger partial charge in [-0.2, -0.15) is 0 Å². The number of ketones is 2. The number of benzene rings is 2. The quantitative estimate of drug-likeness (QED) is 0.333. The van der Waals surface area contributed by atoms with E-state index in [1.165, 1.54) is 18.2 Å². The molecule has 216 valence electrons. The summed E-state index contributed by atoms with van der Waals surface area (Å²) in [5.41, 5.74) is 8.92. The number of carbonyl (C=O) groups is 2. The Bertz CT molecular complexity index is 1640. The molecule has 2 fully saturated rings. The first-order valence-electron chi connectivity index (χ1n) is 14.6. The van der Waals surface area contributed by atoms with Crippen molar-refractivity contribution >= 4 is 17.6 Å². The van der Waals surface area contributed by atoms with Gasteiger partial charge >= 0.3 is 0 Å². The number of carbonyl (C=O) groups excluding carboxylic acids is 2. The maximum Gasteiger partial charge on any atom is 0.163 e. The Kier molecular flexibility index (Phi) is 6.33. The fraction of sp³-hybridized carbons (Fsp3) is 0.382. The van der Waals surface area contributed by atoms with Crippen LogP contribution in [0, 0.1) is 11.7 Å². The molecule has 2 saturated carbocycles. The van der Waals surface area contributed by atoms with Crippen LogP contribution in [0.25, 0.3) is 17.3 Å². The summed E-state index contributed by atoms with van der Waals surface area (Å²) in [5.74, 6) is 0.620. The summed E-state index contributed by atoms with van der Waals surface area (Å²) in [5, 5.41) is 12.2. The number of nitrogens with two attached hydrogens (primary N) is 1. The van der Waals surface area contributed by atoms with E-state index < -0.39 is 11.1 Å². The highest BCUT2D eigenvalue weighted by molar-refractivity contribution is 6.02. The van der Waals surface area contributed by atoms with Crippen LogP contribution in [0.1, 0.15) is 78.2 Å². The maximum absolute atomic E-state index is 13.7. The molecule has 3 aromatic rings. The number of aliphatic hydroxyl groups is 1. The van der Waals surface area contributed by atoms with Gasteiger partial charge in [0.05, 0.1) is 17.3 Å². The Labute approximate surface area is 243 Å². The fourth-order valence-electron chi connectivity index (χ4n) is 6.03. The summed E-state index contributed by atoms with van der Waals surface area (Å²) < 4.78 is 25.8. The van der Waals surface area contributed by atoms with E-state index in [1.54, 1.807) is 24.3 Å². The summed E-state index contributed by atoms with van der Waals surface area (Å²) in [6, 6.07) is 11.4. The molecule has 8 heteroatoms. The third-order valence-corrected chi connectivity index (χ3v) is 8.84. The fourth-order valence-corrected chi connectivity index (χ4v) is 6.03. The molecule has 0 amide bonds. The van der Waals surface area contributed by atoms with Gasteiger partial charge < -0.3 is 20.3 Å². The molecule has 1 aliphatic heterocycles. The van der Waals surface area contributed by atoms with Crippen molar-refractivity contribution in [3.8, 4) is 22.8 Å². The van der Waals surface area contributed by atoms with Gasteiger partial charge in [-0.05, 0) is 99.0 Å². The summed E-state index contributed by atoms with van der Waals surface area (Å²) in [7, 11) is 0. The van der Waals surface area contributed by atoms with Crippen LogP contribution in [0.3, 0.4) is 0 Å². The van der Waals surface area contributed by atoms with Crippen LogP contribution in [0.15, 0.2) is 48.5 Å². The van der Waals surface area contributed by atoms with Crippen LogP contribution in [0.5, 0.6) is 11.5 Å². The number of Topliss-reactive ketones (excluding diaryl/α,β-unsaturated/α-hetero) is 1. The van der Waals surface area contributed by atoms with E-state index in [0.29, 0.717) is 34.0 Å². The van der Waals surface area contributed by atoms with Gasteiger partial charge in [0.25, 0.3) is 0 Å². The zero-order valence-electron chi connectivity index (χ0n) is 23.5. The van der Waals surface area contributed by atoms with Gasteiger partial charge in [0.15, 0.2) is 17.3 Å². The van der Waals surface area contributed by atoms with E-state index in [4.69, 9.17) is 20.2 Å². The van der Waals surface area contributed by atoms with Crippen molar-refractivity contribution < 1.29 is 28.6 Å². The Morgan fingerprint density at radius 3 is 2.64 bits per heavy atom. The summed E-state index contributed by atoms with van der Waals surface area (Å²) >= 11 is 0. The van der Waals surface area contributed by atoms with Gasteiger partial charge in [-0.1, -0.05) is 6.08 Å². The zero-order chi connectivity index (χ0) is 29.2. The molecule has 4 aliphatic rings. The Morgan fingerprint density at radius 2 is 1.93 bits per heavy atom. The molecule has 7 rings (SSSR count). The molecule has 0 radical (unpaired) electrons. The van der Waals surface area contributed by atoms with Crippen LogP contribution in [0.2, 0.25) is 0 Å². The molecule has 0 unspecified atom stereocenters. The van der Waals surface area contributed by atoms with Crippen LogP contribution < -0.4 is 15.2 Å². The summed E-state index contributed by atoms with van der Waals surface area (Å²) in [4.78, 5) is 30.6. The number of pyridine rings is 1. The summed E-state index contributed by atoms with van der Waals surface area (Å²) in [6.45, 7) is 2.13. The molecule has 2 aromatic carbocycles. The van der Waals surface area contributed by atoms with Crippen molar-refractivity contribution in [2.24, 2.45) is 11.7 Å². The third-order valence-electron chi connectivity index (χ3n) is 8.84. The minimum Gasteiger partial charge on any atom is -0.490 e. The van der Waals surface area contributed by atoms with Gasteiger partial charge in [-0.3, -0.25) is 9.59 Å². The number of hydrogen-bond donors (Lipinski definition) is 2. The number of allylic oxidation sites excluding steroid dienone is 1. The molecule has 3 N–H and O–H groups in total. The third kappa shape index (κ3) is 4.92. The monoisotopic (exact) mass is 568 g/mol. The van der Waals surface area contributed by atoms with Gasteiger partial charge in [-0.15, -0.1) is 0 Å². The molecule has 1 aromatic heterocycles. The molecule has 0 saturated heterocycles. The second-order valence-electron chi connectivity index (χ2n) is 12.4.